The Kier molecular flexibility index (Phi) is 2.18. The molecule has 0 spiro atoms. The molecule has 0 atom stereocenters. The fraction of sp³-hybridized carbons (Fsp3) is 0.273. The standard InChI is InChI=1S/C11H9NO3/c12-5-11(6-15-7-11)9-3-1-8(2-4-9)10(13)14/h1-4H,6-7H2,(H,13,14). The van der Waals surface area contributed by atoms with Crippen molar-refractivity contribution in [2.45, 2.75) is 5.41 Å². The van der Waals surface area contributed by atoms with E-state index >= 15 is 0 Å². The van der Waals surface area contributed by atoms with Crippen LogP contribution in [0, 0.1) is 11.3 Å². The van der Waals surface area contributed by atoms with E-state index in [1.165, 1.54) is 12.1 Å². The average molecular weight is 203 g/mol. The van der Waals surface area contributed by atoms with Crippen LogP contribution in [0.4, 0.5) is 0 Å². The molecule has 1 fully saturated rings. The average Bonchev–Trinajstić information content (AvgIpc) is 2.18. The summed E-state index contributed by atoms with van der Waals surface area (Å²) < 4.78 is 5.02. The highest BCUT2D eigenvalue weighted by atomic mass is 16.5. The third kappa shape index (κ3) is 1.47. The molecule has 1 aromatic rings. The van der Waals surface area contributed by atoms with Crippen LogP contribution in [-0.4, -0.2) is 24.3 Å². The van der Waals surface area contributed by atoms with Crippen LogP contribution in [0.1, 0.15) is 15.9 Å². The van der Waals surface area contributed by atoms with Gasteiger partial charge in [0.15, 0.2) is 0 Å². The highest BCUT2D eigenvalue weighted by Crippen LogP contribution is 2.31. The van der Waals surface area contributed by atoms with E-state index in [0.29, 0.717) is 13.2 Å². The summed E-state index contributed by atoms with van der Waals surface area (Å²) in [6.45, 7) is 0.770. The molecule has 2 rings (SSSR count). The van der Waals surface area contributed by atoms with E-state index < -0.39 is 11.4 Å². The van der Waals surface area contributed by atoms with E-state index in [1.807, 2.05) is 0 Å². The maximum atomic E-state index is 10.6. The highest BCUT2D eigenvalue weighted by molar-refractivity contribution is 5.87. The van der Waals surface area contributed by atoms with Crippen molar-refractivity contribution in [1.82, 2.24) is 0 Å². The molecule has 0 aromatic heterocycles. The second-order valence-corrected chi connectivity index (χ2v) is 3.57. The SMILES string of the molecule is N#CC1(c2ccc(C(=O)O)cc2)COC1. The molecule has 1 aliphatic heterocycles. The molecule has 0 aliphatic carbocycles. The van der Waals surface area contributed by atoms with Gasteiger partial charge < -0.3 is 9.84 Å². The van der Waals surface area contributed by atoms with Crippen molar-refractivity contribution < 1.29 is 14.6 Å². The van der Waals surface area contributed by atoms with Crippen molar-refractivity contribution in [2.75, 3.05) is 13.2 Å². The number of nitrogens with zero attached hydrogens (tertiary/aromatic N) is 1. The van der Waals surface area contributed by atoms with Gasteiger partial charge in [0.1, 0.15) is 5.41 Å². The molecule has 15 heavy (non-hydrogen) atoms. The van der Waals surface area contributed by atoms with Crippen LogP contribution in [0.5, 0.6) is 0 Å². The number of aromatic carboxylic acids is 1. The number of nitriles is 1. The fourth-order valence-corrected chi connectivity index (χ4v) is 1.53. The van der Waals surface area contributed by atoms with Gasteiger partial charge in [-0.15, -0.1) is 0 Å². The van der Waals surface area contributed by atoms with Crippen LogP contribution >= 0.6 is 0 Å². The van der Waals surface area contributed by atoms with Crippen molar-refractivity contribution in [1.29, 1.82) is 5.26 Å². The normalized spacial score (nSPS) is 17.5. The maximum Gasteiger partial charge on any atom is 0.335 e. The highest BCUT2D eigenvalue weighted by Gasteiger charge is 2.40. The van der Waals surface area contributed by atoms with Gasteiger partial charge in [0.2, 0.25) is 0 Å². The lowest BCUT2D eigenvalue weighted by molar-refractivity contribution is -0.0298. The fourth-order valence-electron chi connectivity index (χ4n) is 1.53. The molecule has 0 radical (unpaired) electrons. The van der Waals surface area contributed by atoms with Crippen molar-refractivity contribution in [3.8, 4) is 6.07 Å². The number of hydrogen-bond acceptors (Lipinski definition) is 3. The third-order valence-corrected chi connectivity index (χ3v) is 2.60. The zero-order valence-electron chi connectivity index (χ0n) is 7.93. The minimum absolute atomic E-state index is 0.229. The van der Waals surface area contributed by atoms with Gasteiger partial charge in [0.05, 0.1) is 24.8 Å². The molecule has 1 aromatic carbocycles. The first-order valence-electron chi connectivity index (χ1n) is 4.51. The van der Waals surface area contributed by atoms with Gasteiger partial charge in [-0.25, -0.2) is 4.79 Å². The van der Waals surface area contributed by atoms with Crippen LogP contribution in [0.2, 0.25) is 0 Å². The smallest absolute Gasteiger partial charge is 0.335 e. The summed E-state index contributed by atoms with van der Waals surface area (Å²) in [5.74, 6) is -0.961. The number of carbonyl (C=O) groups is 1. The Morgan fingerprint density at radius 3 is 2.33 bits per heavy atom. The minimum atomic E-state index is -0.961. The predicted molar refractivity (Wildman–Crippen MR) is 51.5 cm³/mol. The van der Waals surface area contributed by atoms with Gasteiger partial charge in [0, 0.05) is 0 Å². The third-order valence-electron chi connectivity index (χ3n) is 2.60. The Morgan fingerprint density at radius 1 is 1.40 bits per heavy atom. The molecule has 1 saturated heterocycles. The second-order valence-electron chi connectivity index (χ2n) is 3.57. The summed E-state index contributed by atoms with van der Waals surface area (Å²) in [7, 11) is 0. The number of benzene rings is 1. The topological polar surface area (TPSA) is 70.3 Å². The van der Waals surface area contributed by atoms with E-state index in [0.717, 1.165) is 5.56 Å². The number of carboxylic acids is 1. The number of carboxylic acid groups (broad SMARTS) is 1. The molecule has 0 amide bonds. The first-order valence-corrected chi connectivity index (χ1v) is 4.51. The predicted octanol–water partition coefficient (Wildman–Crippen LogP) is 1.18. The molecule has 0 unspecified atom stereocenters. The van der Waals surface area contributed by atoms with Crippen molar-refractivity contribution in [3.63, 3.8) is 0 Å². The number of ether oxygens (including phenoxy) is 1. The van der Waals surface area contributed by atoms with Crippen LogP contribution in [0.25, 0.3) is 0 Å². The molecule has 0 saturated carbocycles. The Labute approximate surface area is 86.7 Å². The summed E-state index contributed by atoms with van der Waals surface area (Å²) in [6.07, 6.45) is 0. The second kappa shape index (κ2) is 3.37. The molecule has 1 N–H and O–H groups in total. The largest absolute Gasteiger partial charge is 0.478 e. The summed E-state index contributed by atoms with van der Waals surface area (Å²) in [5, 5.41) is 17.7. The van der Waals surface area contributed by atoms with Gasteiger partial charge in [-0.1, -0.05) is 12.1 Å². The van der Waals surface area contributed by atoms with Crippen LogP contribution < -0.4 is 0 Å². The summed E-state index contributed by atoms with van der Waals surface area (Å²) in [5.41, 5.74) is 0.477. The molecule has 76 valence electrons. The van der Waals surface area contributed by atoms with Crippen LogP contribution in [0.3, 0.4) is 0 Å². The Balaban J connectivity index is 2.32. The summed E-state index contributed by atoms with van der Waals surface area (Å²) >= 11 is 0. The van der Waals surface area contributed by atoms with E-state index in [2.05, 4.69) is 6.07 Å². The lowest BCUT2D eigenvalue weighted by Gasteiger charge is -2.35. The first kappa shape index (κ1) is 9.69. The van der Waals surface area contributed by atoms with Crippen molar-refractivity contribution in [3.05, 3.63) is 35.4 Å². The molecular formula is C11H9NO3. The van der Waals surface area contributed by atoms with Gasteiger partial charge in [-0.3, -0.25) is 0 Å². The van der Waals surface area contributed by atoms with Gasteiger partial charge >= 0.3 is 5.97 Å². The summed E-state index contributed by atoms with van der Waals surface area (Å²) in [4.78, 5) is 10.6. The monoisotopic (exact) mass is 203 g/mol. The van der Waals surface area contributed by atoms with Crippen LogP contribution in [0.15, 0.2) is 24.3 Å². The summed E-state index contributed by atoms with van der Waals surface area (Å²) in [6, 6.07) is 8.58. The Morgan fingerprint density at radius 2 is 2.00 bits per heavy atom. The van der Waals surface area contributed by atoms with Crippen molar-refractivity contribution in [2.24, 2.45) is 0 Å². The van der Waals surface area contributed by atoms with Crippen LogP contribution in [-0.2, 0) is 10.2 Å². The van der Waals surface area contributed by atoms with E-state index in [-0.39, 0.29) is 5.56 Å². The first-order chi connectivity index (χ1) is 7.18. The lowest BCUT2D eigenvalue weighted by atomic mass is 9.80. The molecule has 4 heteroatoms. The number of hydrogen-bond donors (Lipinski definition) is 1. The van der Waals surface area contributed by atoms with E-state index in [9.17, 15) is 4.79 Å². The molecule has 4 nitrogen and oxygen atoms in total. The van der Waals surface area contributed by atoms with E-state index in [1.54, 1.807) is 12.1 Å². The quantitative estimate of drug-likeness (QED) is 0.783. The van der Waals surface area contributed by atoms with Gasteiger partial charge in [0.25, 0.3) is 0 Å². The number of rotatable bonds is 2. The zero-order chi connectivity index (χ0) is 10.9. The zero-order valence-corrected chi connectivity index (χ0v) is 7.93. The van der Waals surface area contributed by atoms with Crippen molar-refractivity contribution >= 4 is 5.97 Å². The Hall–Kier alpha value is -1.86. The molecule has 1 aliphatic rings. The lowest BCUT2D eigenvalue weighted by Crippen LogP contribution is -2.45. The van der Waals surface area contributed by atoms with E-state index in [4.69, 9.17) is 15.1 Å². The van der Waals surface area contributed by atoms with Gasteiger partial charge in [-0.2, -0.15) is 5.26 Å². The Bertz CT molecular complexity index is 426. The minimum Gasteiger partial charge on any atom is -0.478 e. The maximum absolute atomic E-state index is 10.6. The van der Waals surface area contributed by atoms with Gasteiger partial charge in [-0.05, 0) is 17.7 Å². The molecular weight excluding hydrogens is 194 g/mol. The molecule has 0 bridgehead atoms. The molecule has 1 heterocycles.